The summed E-state index contributed by atoms with van der Waals surface area (Å²) in [6.45, 7) is 6.40. The van der Waals surface area contributed by atoms with Crippen molar-refractivity contribution in [2.75, 3.05) is 6.61 Å². The molecule has 0 amide bonds. The SMILES string of the molecule is CC(C)(C)C(=O)OCCCC12CC3CC(CC(C3)C1)C2. The second kappa shape index (κ2) is 5.03. The third-order valence-electron chi connectivity index (χ3n) is 5.86. The van der Waals surface area contributed by atoms with Crippen molar-refractivity contribution in [1.82, 2.24) is 0 Å². The van der Waals surface area contributed by atoms with Crippen LogP contribution in [-0.2, 0) is 9.53 Å². The van der Waals surface area contributed by atoms with Crippen LogP contribution in [0.1, 0.15) is 72.1 Å². The fourth-order valence-electron chi connectivity index (χ4n) is 5.42. The van der Waals surface area contributed by atoms with Crippen LogP contribution in [0.15, 0.2) is 0 Å². The minimum Gasteiger partial charge on any atom is -0.465 e. The third kappa shape index (κ3) is 2.89. The molecule has 114 valence electrons. The van der Waals surface area contributed by atoms with E-state index in [1.54, 1.807) is 0 Å². The zero-order chi connectivity index (χ0) is 14.4. The highest BCUT2D eigenvalue weighted by atomic mass is 16.5. The molecule has 0 atom stereocenters. The fraction of sp³-hybridized carbons (Fsp3) is 0.944. The first-order valence-electron chi connectivity index (χ1n) is 8.54. The van der Waals surface area contributed by atoms with Gasteiger partial charge in [-0.3, -0.25) is 4.79 Å². The minimum atomic E-state index is -0.360. The van der Waals surface area contributed by atoms with E-state index >= 15 is 0 Å². The number of hydrogen-bond donors (Lipinski definition) is 0. The Kier molecular flexibility index (Phi) is 3.63. The number of rotatable bonds is 4. The van der Waals surface area contributed by atoms with Crippen LogP contribution in [-0.4, -0.2) is 12.6 Å². The van der Waals surface area contributed by atoms with Gasteiger partial charge in [0.05, 0.1) is 12.0 Å². The van der Waals surface area contributed by atoms with Crippen molar-refractivity contribution in [3.05, 3.63) is 0 Å². The summed E-state index contributed by atoms with van der Waals surface area (Å²) in [6, 6.07) is 0. The van der Waals surface area contributed by atoms with E-state index in [1.807, 2.05) is 20.8 Å². The lowest BCUT2D eigenvalue weighted by Crippen LogP contribution is -2.46. The van der Waals surface area contributed by atoms with Crippen LogP contribution in [0.4, 0.5) is 0 Å². The monoisotopic (exact) mass is 278 g/mol. The van der Waals surface area contributed by atoms with Gasteiger partial charge < -0.3 is 4.74 Å². The molecule has 0 unspecified atom stereocenters. The maximum absolute atomic E-state index is 11.8. The van der Waals surface area contributed by atoms with Gasteiger partial charge in [-0.15, -0.1) is 0 Å². The summed E-state index contributed by atoms with van der Waals surface area (Å²) in [7, 11) is 0. The Labute approximate surface area is 123 Å². The molecule has 0 saturated heterocycles. The van der Waals surface area contributed by atoms with Gasteiger partial charge in [0.15, 0.2) is 0 Å². The Balaban J connectivity index is 1.46. The zero-order valence-electron chi connectivity index (χ0n) is 13.4. The molecule has 0 aromatic heterocycles. The molecule has 0 N–H and O–H groups in total. The molecule has 0 aromatic rings. The first kappa shape index (κ1) is 14.4. The Morgan fingerprint density at radius 2 is 1.55 bits per heavy atom. The van der Waals surface area contributed by atoms with E-state index in [1.165, 1.54) is 44.9 Å². The minimum absolute atomic E-state index is 0.0528. The zero-order valence-corrected chi connectivity index (χ0v) is 13.4. The molecule has 4 fully saturated rings. The van der Waals surface area contributed by atoms with E-state index in [2.05, 4.69) is 0 Å². The highest BCUT2D eigenvalue weighted by molar-refractivity contribution is 5.75. The molecule has 20 heavy (non-hydrogen) atoms. The summed E-state index contributed by atoms with van der Waals surface area (Å²) in [6.07, 6.45) is 11.3. The molecule has 0 radical (unpaired) electrons. The van der Waals surface area contributed by atoms with E-state index in [0.717, 1.165) is 24.2 Å². The summed E-state index contributed by atoms with van der Waals surface area (Å²) >= 11 is 0. The normalized spacial score (nSPS) is 39.0. The molecule has 2 heteroatoms. The lowest BCUT2D eigenvalue weighted by Gasteiger charge is -2.57. The van der Waals surface area contributed by atoms with Gasteiger partial charge in [0.2, 0.25) is 0 Å². The molecule has 0 aliphatic heterocycles. The van der Waals surface area contributed by atoms with Gasteiger partial charge in [-0.1, -0.05) is 0 Å². The van der Waals surface area contributed by atoms with Crippen molar-refractivity contribution < 1.29 is 9.53 Å². The predicted molar refractivity (Wildman–Crippen MR) is 80.3 cm³/mol. The summed E-state index contributed by atoms with van der Waals surface area (Å²) in [5.74, 6) is 3.03. The van der Waals surface area contributed by atoms with Crippen molar-refractivity contribution in [3.8, 4) is 0 Å². The second-order valence-corrected chi connectivity index (χ2v) is 8.91. The highest BCUT2D eigenvalue weighted by Crippen LogP contribution is 2.61. The van der Waals surface area contributed by atoms with E-state index in [9.17, 15) is 4.79 Å². The Morgan fingerprint density at radius 3 is 2.00 bits per heavy atom. The lowest BCUT2D eigenvalue weighted by atomic mass is 9.48. The number of carbonyl (C=O) groups is 1. The van der Waals surface area contributed by atoms with Gasteiger partial charge >= 0.3 is 5.97 Å². The van der Waals surface area contributed by atoms with Crippen molar-refractivity contribution >= 4 is 5.97 Å². The van der Waals surface area contributed by atoms with E-state index in [4.69, 9.17) is 4.74 Å². The van der Waals surface area contributed by atoms with Crippen molar-refractivity contribution in [2.45, 2.75) is 72.1 Å². The molecular formula is C18H30O2. The average molecular weight is 278 g/mol. The summed E-state index contributed by atoms with van der Waals surface area (Å²) in [4.78, 5) is 11.8. The van der Waals surface area contributed by atoms with Crippen LogP contribution in [0.5, 0.6) is 0 Å². The van der Waals surface area contributed by atoms with Crippen molar-refractivity contribution in [1.29, 1.82) is 0 Å². The van der Waals surface area contributed by atoms with Crippen LogP contribution in [0, 0.1) is 28.6 Å². The third-order valence-corrected chi connectivity index (χ3v) is 5.86. The van der Waals surface area contributed by atoms with Gasteiger partial charge in [0.1, 0.15) is 0 Å². The molecule has 0 aromatic carbocycles. The molecule has 4 rings (SSSR count). The van der Waals surface area contributed by atoms with Gasteiger partial charge in [-0.05, 0) is 95.3 Å². The number of hydrogen-bond acceptors (Lipinski definition) is 2. The van der Waals surface area contributed by atoms with Crippen LogP contribution in [0.2, 0.25) is 0 Å². The molecule has 4 aliphatic rings. The highest BCUT2D eigenvalue weighted by Gasteiger charge is 2.50. The van der Waals surface area contributed by atoms with E-state index in [0.29, 0.717) is 12.0 Å². The largest absolute Gasteiger partial charge is 0.465 e. The molecule has 4 bridgehead atoms. The Hall–Kier alpha value is -0.530. The molecule has 4 saturated carbocycles. The first-order chi connectivity index (χ1) is 9.36. The van der Waals surface area contributed by atoms with Crippen LogP contribution >= 0.6 is 0 Å². The standard InChI is InChI=1S/C18H30O2/c1-17(2,3)16(19)20-6-4-5-18-10-13-7-14(11-18)9-15(8-13)12-18/h13-15H,4-12H2,1-3H3. The molecule has 0 heterocycles. The van der Waals surface area contributed by atoms with Gasteiger partial charge in [-0.2, -0.15) is 0 Å². The smallest absolute Gasteiger partial charge is 0.311 e. The molecule has 2 nitrogen and oxygen atoms in total. The molecule has 4 aliphatic carbocycles. The predicted octanol–water partition coefficient (Wildman–Crippen LogP) is 4.57. The maximum atomic E-state index is 11.8. The second-order valence-electron chi connectivity index (χ2n) is 8.91. The number of carbonyl (C=O) groups excluding carboxylic acids is 1. The van der Waals surface area contributed by atoms with Gasteiger partial charge in [0, 0.05) is 0 Å². The Bertz CT molecular complexity index is 342. The van der Waals surface area contributed by atoms with Gasteiger partial charge in [-0.25, -0.2) is 0 Å². The maximum Gasteiger partial charge on any atom is 0.311 e. The number of esters is 1. The first-order valence-corrected chi connectivity index (χ1v) is 8.54. The fourth-order valence-corrected chi connectivity index (χ4v) is 5.42. The summed E-state index contributed by atoms with van der Waals surface area (Å²) < 4.78 is 5.43. The lowest BCUT2D eigenvalue weighted by molar-refractivity contribution is -0.153. The average Bonchev–Trinajstić information content (AvgIpc) is 2.31. The molecule has 0 spiro atoms. The van der Waals surface area contributed by atoms with Crippen molar-refractivity contribution in [2.24, 2.45) is 28.6 Å². The van der Waals surface area contributed by atoms with Crippen LogP contribution in [0.25, 0.3) is 0 Å². The molecular weight excluding hydrogens is 248 g/mol. The Morgan fingerprint density at radius 1 is 1.05 bits per heavy atom. The van der Waals surface area contributed by atoms with E-state index < -0.39 is 0 Å². The van der Waals surface area contributed by atoms with Crippen LogP contribution in [0.3, 0.4) is 0 Å². The number of ether oxygens (including phenoxy) is 1. The van der Waals surface area contributed by atoms with Crippen molar-refractivity contribution in [3.63, 3.8) is 0 Å². The van der Waals surface area contributed by atoms with E-state index in [-0.39, 0.29) is 11.4 Å². The van der Waals surface area contributed by atoms with Gasteiger partial charge in [0.25, 0.3) is 0 Å². The quantitative estimate of drug-likeness (QED) is 0.556. The topological polar surface area (TPSA) is 26.3 Å². The summed E-state index contributed by atoms with van der Waals surface area (Å²) in [5, 5.41) is 0. The van der Waals surface area contributed by atoms with Crippen LogP contribution < -0.4 is 0 Å². The summed E-state index contributed by atoms with van der Waals surface area (Å²) in [5.41, 5.74) is 0.267.